The van der Waals surface area contributed by atoms with E-state index in [4.69, 9.17) is 5.73 Å². The topological polar surface area (TPSA) is 26.0 Å². The minimum absolute atomic E-state index is 0.726. The monoisotopic (exact) mass is 137 g/mol. The van der Waals surface area contributed by atoms with Gasteiger partial charge < -0.3 is 5.73 Å². The summed E-state index contributed by atoms with van der Waals surface area (Å²) < 4.78 is 0. The van der Waals surface area contributed by atoms with Crippen molar-refractivity contribution in [3.63, 3.8) is 0 Å². The van der Waals surface area contributed by atoms with E-state index in [1.54, 1.807) is 6.08 Å². The normalized spacial score (nSPS) is 12.4. The first-order chi connectivity index (χ1) is 4.81. The fourth-order valence-electron chi connectivity index (χ4n) is 0.609. The van der Waals surface area contributed by atoms with E-state index in [0.29, 0.717) is 0 Å². The molecule has 0 fully saturated rings. The Balaban J connectivity index is 3.67. The summed E-state index contributed by atoms with van der Waals surface area (Å²) in [7, 11) is 0. The first-order valence-electron chi connectivity index (χ1n) is 3.46. The average Bonchev–Trinajstić information content (AvgIpc) is 1.89. The highest BCUT2D eigenvalue weighted by molar-refractivity contribution is 5.14. The number of nitrogens with two attached hydrogens (primary N) is 1. The first-order valence-corrected chi connectivity index (χ1v) is 3.46. The second-order valence-corrected chi connectivity index (χ2v) is 2.17. The van der Waals surface area contributed by atoms with Gasteiger partial charge in [0.2, 0.25) is 0 Å². The maximum Gasteiger partial charge on any atom is -0.00399 e. The highest BCUT2D eigenvalue weighted by Gasteiger charge is 1.81. The predicted octanol–water partition coefficient (Wildman–Crippen LogP) is 2.02. The summed E-state index contributed by atoms with van der Waals surface area (Å²) in [6.45, 7) is 6.36. The zero-order valence-electron chi connectivity index (χ0n) is 6.51. The Bertz CT molecular complexity index is 143. The molecule has 10 heavy (non-hydrogen) atoms. The summed E-state index contributed by atoms with van der Waals surface area (Å²) in [5.74, 6) is 0. The minimum Gasteiger partial charge on any atom is -0.330 e. The smallest absolute Gasteiger partial charge is 0.00399 e. The molecule has 2 N–H and O–H groups in total. The Labute approximate surface area is 62.9 Å². The largest absolute Gasteiger partial charge is 0.330 e. The van der Waals surface area contributed by atoms with Crippen LogP contribution in [0, 0.1) is 0 Å². The van der Waals surface area contributed by atoms with Crippen molar-refractivity contribution in [3.8, 4) is 0 Å². The van der Waals surface area contributed by atoms with Crippen LogP contribution in [0.5, 0.6) is 0 Å². The van der Waals surface area contributed by atoms with Crippen LogP contribution in [0.3, 0.4) is 0 Å². The van der Waals surface area contributed by atoms with Crippen LogP contribution >= 0.6 is 0 Å². The molecule has 0 saturated carbocycles. The number of allylic oxidation sites excluding steroid dienone is 4. The third-order valence-corrected chi connectivity index (χ3v) is 1.17. The van der Waals surface area contributed by atoms with E-state index < -0.39 is 0 Å². The second kappa shape index (κ2) is 6.30. The third-order valence-electron chi connectivity index (χ3n) is 1.17. The molecule has 1 nitrogen and oxygen atoms in total. The van der Waals surface area contributed by atoms with Crippen LogP contribution in [-0.2, 0) is 0 Å². The van der Waals surface area contributed by atoms with E-state index in [1.165, 1.54) is 5.57 Å². The molecule has 0 bridgehead atoms. The lowest BCUT2D eigenvalue weighted by Crippen LogP contribution is -1.98. The molecule has 0 heterocycles. The Morgan fingerprint density at radius 1 is 1.50 bits per heavy atom. The standard InChI is InChI=1S/C9H15N/c1-3-4-5-6-9(2)7-8-10/h3-6H,1,7-8,10H2,2H3/b5-4-,9-6-. The van der Waals surface area contributed by atoms with Gasteiger partial charge in [-0.2, -0.15) is 0 Å². The molecule has 0 amide bonds. The molecule has 0 saturated heterocycles. The van der Waals surface area contributed by atoms with Gasteiger partial charge in [0.1, 0.15) is 0 Å². The van der Waals surface area contributed by atoms with Crippen LogP contribution in [0.1, 0.15) is 13.3 Å². The molecular weight excluding hydrogens is 122 g/mol. The zero-order valence-corrected chi connectivity index (χ0v) is 6.51. The molecule has 1 heteroatoms. The number of rotatable bonds is 4. The van der Waals surface area contributed by atoms with Gasteiger partial charge >= 0.3 is 0 Å². The molecule has 0 radical (unpaired) electrons. The summed E-state index contributed by atoms with van der Waals surface area (Å²) in [5, 5.41) is 0. The van der Waals surface area contributed by atoms with Gasteiger partial charge in [-0.1, -0.05) is 36.5 Å². The van der Waals surface area contributed by atoms with Crippen LogP contribution in [-0.4, -0.2) is 6.54 Å². The fourth-order valence-corrected chi connectivity index (χ4v) is 0.609. The molecule has 0 atom stereocenters. The quantitative estimate of drug-likeness (QED) is 0.589. The van der Waals surface area contributed by atoms with Crippen molar-refractivity contribution in [2.45, 2.75) is 13.3 Å². The van der Waals surface area contributed by atoms with E-state index in [-0.39, 0.29) is 0 Å². The van der Waals surface area contributed by atoms with Crippen LogP contribution in [0.2, 0.25) is 0 Å². The second-order valence-electron chi connectivity index (χ2n) is 2.17. The van der Waals surface area contributed by atoms with Crippen molar-refractivity contribution in [2.75, 3.05) is 6.54 Å². The molecule has 0 aliphatic heterocycles. The van der Waals surface area contributed by atoms with Crippen LogP contribution in [0.25, 0.3) is 0 Å². The van der Waals surface area contributed by atoms with Gasteiger partial charge in [0, 0.05) is 0 Å². The van der Waals surface area contributed by atoms with Crippen LogP contribution < -0.4 is 5.73 Å². The lowest BCUT2D eigenvalue weighted by atomic mass is 10.2. The maximum absolute atomic E-state index is 5.35. The summed E-state index contributed by atoms with van der Waals surface area (Å²) in [4.78, 5) is 0. The summed E-state index contributed by atoms with van der Waals surface area (Å²) >= 11 is 0. The van der Waals surface area contributed by atoms with E-state index in [2.05, 4.69) is 19.6 Å². The van der Waals surface area contributed by atoms with E-state index in [1.807, 2.05) is 12.2 Å². The molecule has 0 rings (SSSR count). The molecule has 0 spiro atoms. The van der Waals surface area contributed by atoms with Gasteiger partial charge in [0.15, 0.2) is 0 Å². The summed E-state index contributed by atoms with van der Waals surface area (Å²) in [5.41, 5.74) is 6.65. The molecule has 0 aromatic rings. The zero-order chi connectivity index (χ0) is 7.82. The first kappa shape index (κ1) is 9.18. The highest BCUT2D eigenvalue weighted by atomic mass is 14.5. The van der Waals surface area contributed by atoms with Crippen LogP contribution in [0.15, 0.2) is 36.5 Å². The van der Waals surface area contributed by atoms with Crippen molar-refractivity contribution in [1.82, 2.24) is 0 Å². The Kier molecular flexibility index (Phi) is 5.79. The van der Waals surface area contributed by atoms with E-state index in [9.17, 15) is 0 Å². The SMILES string of the molecule is C=C/C=C\C=C(\C)CCN. The lowest BCUT2D eigenvalue weighted by molar-refractivity contribution is 0.950. The number of hydrogen-bond acceptors (Lipinski definition) is 1. The van der Waals surface area contributed by atoms with Crippen molar-refractivity contribution < 1.29 is 0 Å². The van der Waals surface area contributed by atoms with Gasteiger partial charge in [-0.05, 0) is 19.9 Å². The van der Waals surface area contributed by atoms with Crippen molar-refractivity contribution in [3.05, 3.63) is 36.5 Å². The van der Waals surface area contributed by atoms with E-state index in [0.717, 1.165) is 13.0 Å². The highest BCUT2D eigenvalue weighted by Crippen LogP contribution is 1.96. The number of hydrogen-bond donors (Lipinski definition) is 1. The third kappa shape index (κ3) is 5.32. The van der Waals surface area contributed by atoms with Crippen molar-refractivity contribution in [2.24, 2.45) is 5.73 Å². The van der Waals surface area contributed by atoms with Crippen LogP contribution in [0.4, 0.5) is 0 Å². The molecule has 0 unspecified atom stereocenters. The fraction of sp³-hybridized carbons (Fsp3) is 0.333. The maximum atomic E-state index is 5.35. The summed E-state index contributed by atoms with van der Waals surface area (Å²) in [6, 6.07) is 0. The molecule has 56 valence electrons. The molecular formula is C9H15N. The Morgan fingerprint density at radius 3 is 2.70 bits per heavy atom. The Hall–Kier alpha value is -0.820. The van der Waals surface area contributed by atoms with Crippen molar-refractivity contribution in [1.29, 1.82) is 0 Å². The molecule has 0 aromatic carbocycles. The van der Waals surface area contributed by atoms with Gasteiger partial charge in [-0.25, -0.2) is 0 Å². The Morgan fingerprint density at radius 2 is 2.20 bits per heavy atom. The molecule has 0 aromatic heterocycles. The predicted molar refractivity (Wildman–Crippen MR) is 46.8 cm³/mol. The van der Waals surface area contributed by atoms with Crippen molar-refractivity contribution >= 4 is 0 Å². The molecule has 0 aliphatic carbocycles. The molecule has 0 aliphatic rings. The average molecular weight is 137 g/mol. The van der Waals surface area contributed by atoms with Gasteiger partial charge in [-0.15, -0.1) is 0 Å². The van der Waals surface area contributed by atoms with Gasteiger partial charge in [0.25, 0.3) is 0 Å². The lowest BCUT2D eigenvalue weighted by Gasteiger charge is -1.92. The minimum atomic E-state index is 0.726. The van der Waals surface area contributed by atoms with Gasteiger partial charge in [0.05, 0.1) is 0 Å². The summed E-state index contributed by atoms with van der Waals surface area (Å²) in [6.07, 6.45) is 8.65. The van der Waals surface area contributed by atoms with E-state index >= 15 is 0 Å². The van der Waals surface area contributed by atoms with Gasteiger partial charge in [-0.3, -0.25) is 0 Å².